The van der Waals surface area contributed by atoms with Gasteiger partial charge in [-0.15, -0.1) is 0 Å². The van der Waals surface area contributed by atoms with E-state index >= 15 is 0 Å². The SMILES string of the molecule is CC/C=C\C/C=C\C/C=C\C/C=C\C/C=C\CCCCCCCC(=O)OC(COC(=O)CCCCCCCCCCCC/C=C\C/C=C\C/C=C\C/C=C\CC)COC(=O)CCCCCCCCCCCCCCCCCC. The predicted octanol–water partition coefficient (Wildman–Crippen LogP) is 22.6. The third-order valence-corrected chi connectivity index (χ3v) is 14.0. The number of unbranched alkanes of at least 4 members (excludes halogenated alkanes) is 30. The number of rotatable bonds is 59. The lowest BCUT2D eigenvalue weighted by molar-refractivity contribution is -0.167. The molecule has 1 atom stereocenters. The summed E-state index contributed by atoms with van der Waals surface area (Å²) >= 11 is 0. The Labute approximate surface area is 482 Å². The quantitative estimate of drug-likeness (QED) is 0.0261. The third kappa shape index (κ3) is 62.9. The van der Waals surface area contributed by atoms with Crippen LogP contribution in [-0.2, 0) is 28.6 Å². The zero-order valence-electron chi connectivity index (χ0n) is 51.2. The second-order valence-electron chi connectivity index (χ2n) is 21.6. The Bertz CT molecular complexity index is 1570. The number of carbonyl (C=O) groups is 3. The summed E-state index contributed by atoms with van der Waals surface area (Å²) in [5, 5.41) is 0. The van der Waals surface area contributed by atoms with Crippen LogP contribution < -0.4 is 0 Å². The Morgan fingerprint density at radius 2 is 0.500 bits per heavy atom. The van der Waals surface area contributed by atoms with Gasteiger partial charge in [-0.2, -0.15) is 0 Å². The van der Waals surface area contributed by atoms with E-state index in [0.717, 1.165) is 135 Å². The van der Waals surface area contributed by atoms with Crippen LogP contribution in [0.25, 0.3) is 0 Å². The lowest BCUT2D eigenvalue weighted by Crippen LogP contribution is -2.30. The highest BCUT2D eigenvalue weighted by atomic mass is 16.6. The Balaban J connectivity index is 4.41. The van der Waals surface area contributed by atoms with Crippen molar-refractivity contribution in [3.8, 4) is 0 Å². The van der Waals surface area contributed by atoms with Crippen molar-refractivity contribution in [3.05, 3.63) is 109 Å². The van der Waals surface area contributed by atoms with Crippen LogP contribution in [0.5, 0.6) is 0 Å². The standard InChI is InChI=1S/C72H122O6/c1-4-7-10-13-16-19-22-25-28-31-33-35-36-38-39-41-44-47-50-53-56-59-62-65-71(74)77-68-69(67-76-70(73)64-61-58-55-52-49-46-43-30-27-24-21-18-15-12-9-6-3)78-72(75)66-63-60-57-54-51-48-45-42-40-37-34-32-29-26-23-20-17-14-11-8-5-2/h7-8,10-11,16-17,19-20,25-26,28-29,33-35,37,42,45,69H,4-6,9,12-15,18,21-24,27,30-32,36,38-41,43-44,46-68H2,1-3H3/b10-7-,11-8-,19-16-,20-17-,28-25-,29-26-,35-33-,37-34-,45-42-. The third-order valence-electron chi connectivity index (χ3n) is 14.0. The smallest absolute Gasteiger partial charge is 0.306 e. The average molecular weight is 1080 g/mol. The molecule has 6 heteroatoms. The van der Waals surface area contributed by atoms with E-state index in [1.807, 2.05) is 0 Å². The molecule has 6 nitrogen and oxygen atoms in total. The van der Waals surface area contributed by atoms with Gasteiger partial charge in [-0.05, 0) is 103 Å². The maximum absolute atomic E-state index is 12.9. The largest absolute Gasteiger partial charge is 0.462 e. The van der Waals surface area contributed by atoms with Crippen LogP contribution in [0, 0.1) is 0 Å². The minimum Gasteiger partial charge on any atom is -0.462 e. The Morgan fingerprint density at radius 1 is 0.269 bits per heavy atom. The van der Waals surface area contributed by atoms with E-state index in [2.05, 4.69) is 130 Å². The van der Waals surface area contributed by atoms with Gasteiger partial charge in [0.25, 0.3) is 0 Å². The summed E-state index contributed by atoms with van der Waals surface area (Å²) in [7, 11) is 0. The fourth-order valence-corrected chi connectivity index (χ4v) is 9.17. The predicted molar refractivity (Wildman–Crippen MR) is 339 cm³/mol. The van der Waals surface area contributed by atoms with E-state index in [1.54, 1.807) is 0 Å². The van der Waals surface area contributed by atoms with Gasteiger partial charge in [0.2, 0.25) is 0 Å². The molecule has 0 fully saturated rings. The molecule has 0 amide bonds. The number of carbonyl (C=O) groups excluding carboxylic acids is 3. The van der Waals surface area contributed by atoms with E-state index in [0.29, 0.717) is 19.3 Å². The molecule has 0 aliphatic carbocycles. The van der Waals surface area contributed by atoms with Gasteiger partial charge in [0.05, 0.1) is 0 Å². The molecule has 0 saturated heterocycles. The summed E-state index contributed by atoms with van der Waals surface area (Å²) in [6.45, 7) is 6.43. The van der Waals surface area contributed by atoms with Gasteiger partial charge in [0.15, 0.2) is 6.10 Å². The molecule has 0 aliphatic heterocycles. The second kappa shape index (κ2) is 65.6. The van der Waals surface area contributed by atoms with E-state index < -0.39 is 6.10 Å². The zero-order chi connectivity index (χ0) is 56.4. The maximum atomic E-state index is 12.9. The van der Waals surface area contributed by atoms with Crippen LogP contribution in [0.1, 0.15) is 310 Å². The molecule has 1 unspecified atom stereocenters. The zero-order valence-corrected chi connectivity index (χ0v) is 51.2. The summed E-state index contributed by atoms with van der Waals surface area (Å²) in [5.41, 5.74) is 0. The van der Waals surface area contributed by atoms with Crippen molar-refractivity contribution in [2.45, 2.75) is 316 Å². The van der Waals surface area contributed by atoms with Crippen LogP contribution in [0.15, 0.2) is 109 Å². The van der Waals surface area contributed by atoms with Gasteiger partial charge in [0, 0.05) is 19.3 Å². The highest BCUT2D eigenvalue weighted by Gasteiger charge is 2.19. The molecule has 446 valence electrons. The highest BCUT2D eigenvalue weighted by Crippen LogP contribution is 2.17. The number of ether oxygens (including phenoxy) is 3. The van der Waals surface area contributed by atoms with Gasteiger partial charge < -0.3 is 14.2 Å². The van der Waals surface area contributed by atoms with Crippen molar-refractivity contribution in [3.63, 3.8) is 0 Å². The van der Waals surface area contributed by atoms with Gasteiger partial charge >= 0.3 is 17.9 Å². The molecular weight excluding hydrogens is 961 g/mol. The number of allylic oxidation sites excluding steroid dienone is 18. The van der Waals surface area contributed by atoms with E-state index in [-0.39, 0.29) is 31.1 Å². The van der Waals surface area contributed by atoms with Gasteiger partial charge in [-0.25, -0.2) is 0 Å². The fraction of sp³-hybridized carbons (Fsp3) is 0.708. The van der Waals surface area contributed by atoms with E-state index in [1.165, 1.54) is 135 Å². The minimum atomic E-state index is -0.792. The minimum absolute atomic E-state index is 0.0855. The molecule has 0 saturated carbocycles. The topological polar surface area (TPSA) is 78.9 Å². The van der Waals surface area contributed by atoms with Crippen LogP contribution in [0.2, 0.25) is 0 Å². The summed E-state index contributed by atoms with van der Waals surface area (Å²) in [6.07, 6.45) is 89.4. The molecule has 0 N–H and O–H groups in total. The summed E-state index contributed by atoms with van der Waals surface area (Å²) in [6, 6.07) is 0. The van der Waals surface area contributed by atoms with Gasteiger partial charge in [-0.1, -0.05) is 297 Å². The second-order valence-corrected chi connectivity index (χ2v) is 21.6. The number of hydrogen-bond acceptors (Lipinski definition) is 6. The normalized spacial score (nSPS) is 12.8. The molecule has 0 aromatic heterocycles. The van der Waals surface area contributed by atoms with Crippen LogP contribution in [-0.4, -0.2) is 37.2 Å². The molecule has 78 heavy (non-hydrogen) atoms. The van der Waals surface area contributed by atoms with Crippen LogP contribution in [0.3, 0.4) is 0 Å². The van der Waals surface area contributed by atoms with E-state index in [9.17, 15) is 14.4 Å². The Morgan fingerprint density at radius 3 is 0.782 bits per heavy atom. The fourth-order valence-electron chi connectivity index (χ4n) is 9.17. The van der Waals surface area contributed by atoms with Crippen LogP contribution >= 0.6 is 0 Å². The Hall–Kier alpha value is -3.93. The first-order valence-electron chi connectivity index (χ1n) is 32.9. The Kier molecular flexibility index (Phi) is 62.3. The molecule has 0 heterocycles. The molecular formula is C72H122O6. The first-order valence-corrected chi connectivity index (χ1v) is 32.9. The maximum Gasteiger partial charge on any atom is 0.306 e. The highest BCUT2D eigenvalue weighted by molar-refractivity contribution is 5.71. The molecule has 0 aromatic rings. The van der Waals surface area contributed by atoms with Gasteiger partial charge in [-0.3, -0.25) is 14.4 Å². The van der Waals surface area contributed by atoms with Crippen molar-refractivity contribution in [1.29, 1.82) is 0 Å². The summed E-state index contributed by atoms with van der Waals surface area (Å²) in [5.74, 6) is -0.897. The van der Waals surface area contributed by atoms with Crippen molar-refractivity contribution in [1.82, 2.24) is 0 Å². The summed E-state index contributed by atoms with van der Waals surface area (Å²) < 4.78 is 17.0. The van der Waals surface area contributed by atoms with Crippen molar-refractivity contribution < 1.29 is 28.6 Å². The first kappa shape index (κ1) is 74.1. The van der Waals surface area contributed by atoms with Crippen molar-refractivity contribution in [2.24, 2.45) is 0 Å². The number of esters is 3. The van der Waals surface area contributed by atoms with Crippen LogP contribution in [0.4, 0.5) is 0 Å². The first-order chi connectivity index (χ1) is 38.5. The van der Waals surface area contributed by atoms with Crippen molar-refractivity contribution in [2.75, 3.05) is 13.2 Å². The molecule has 0 radical (unpaired) electrons. The molecule has 0 bridgehead atoms. The average Bonchev–Trinajstić information content (AvgIpc) is 3.44. The monoisotopic (exact) mass is 1080 g/mol. The molecule has 0 aliphatic rings. The molecule has 0 aromatic carbocycles. The molecule has 0 rings (SSSR count). The molecule has 0 spiro atoms. The van der Waals surface area contributed by atoms with Crippen molar-refractivity contribution >= 4 is 17.9 Å². The van der Waals surface area contributed by atoms with E-state index in [4.69, 9.17) is 14.2 Å². The lowest BCUT2D eigenvalue weighted by Gasteiger charge is -2.18. The van der Waals surface area contributed by atoms with Gasteiger partial charge in [0.1, 0.15) is 13.2 Å². The lowest BCUT2D eigenvalue weighted by atomic mass is 10.0. The summed E-state index contributed by atoms with van der Waals surface area (Å²) in [4.78, 5) is 38.4. The number of hydrogen-bond donors (Lipinski definition) is 0.